The van der Waals surface area contributed by atoms with Gasteiger partial charge in [0, 0.05) is 0 Å². The lowest BCUT2D eigenvalue weighted by Crippen LogP contribution is -2.34. The van der Waals surface area contributed by atoms with Gasteiger partial charge in [-0.1, -0.05) is 20.3 Å². The summed E-state index contributed by atoms with van der Waals surface area (Å²) in [4.78, 5) is 0. The molecule has 2 atom stereocenters. The van der Waals surface area contributed by atoms with Gasteiger partial charge in [-0.05, 0) is 18.9 Å². The van der Waals surface area contributed by atoms with Gasteiger partial charge in [0.2, 0.25) is 0 Å². The number of allylic oxidation sites excluding steroid dienone is 2. The first-order chi connectivity index (χ1) is 6.93. The molecule has 1 rings (SSSR count). The second-order valence-corrected chi connectivity index (χ2v) is 4.14. The first-order valence-corrected chi connectivity index (χ1v) is 5.06. The maximum absolute atomic E-state index is 13.6. The van der Waals surface area contributed by atoms with Crippen LogP contribution in [0.5, 0.6) is 0 Å². The molecule has 0 aromatic heterocycles. The molecule has 0 amide bonds. The highest BCUT2D eigenvalue weighted by Crippen LogP contribution is 2.44. The molecule has 0 radical (unpaired) electrons. The standard InChI is InChI=1S/C11H16F2O2/c1-3-4-8(15)11(2)6-5-7(14)9(12)10(11)13/h5,8,14-15H,3-4,6H2,1-2H3. The van der Waals surface area contributed by atoms with E-state index in [1.807, 2.05) is 6.92 Å². The van der Waals surface area contributed by atoms with Crippen molar-refractivity contribution >= 4 is 0 Å². The van der Waals surface area contributed by atoms with Gasteiger partial charge in [0.1, 0.15) is 11.6 Å². The summed E-state index contributed by atoms with van der Waals surface area (Å²) in [6.07, 6.45) is 1.49. The Morgan fingerprint density at radius 2 is 2.13 bits per heavy atom. The van der Waals surface area contributed by atoms with Crippen molar-refractivity contribution in [2.24, 2.45) is 5.41 Å². The van der Waals surface area contributed by atoms with Gasteiger partial charge in [-0.25, -0.2) is 8.78 Å². The molecule has 2 unspecified atom stereocenters. The van der Waals surface area contributed by atoms with E-state index in [0.717, 1.165) is 0 Å². The fourth-order valence-corrected chi connectivity index (χ4v) is 1.73. The molecule has 15 heavy (non-hydrogen) atoms. The number of hydrogen-bond donors (Lipinski definition) is 2. The Hall–Kier alpha value is -0.900. The van der Waals surface area contributed by atoms with Crippen LogP contribution >= 0.6 is 0 Å². The number of rotatable bonds is 3. The largest absolute Gasteiger partial charge is 0.505 e. The summed E-state index contributed by atoms with van der Waals surface area (Å²) in [5, 5.41) is 18.8. The molecule has 0 aliphatic heterocycles. The average Bonchev–Trinajstić information content (AvgIpc) is 2.21. The number of aliphatic hydroxyl groups is 2. The molecule has 0 bridgehead atoms. The van der Waals surface area contributed by atoms with E-state index in [2.05, 4.69) is 0 Å². The van der Waals surface area contributed by atoms with Crippen LogP contribution in [0, 0.1) is 5.41 Å². The van der Waals surface area contributed by atoms with Crippen molar-refractivity contribution in [2.75, 3.05) is 0 Å². The Labute approximate surface area is 87.9 Å². The van der Waals surface area contributed by atoms with E-state index in [-0.39, 0.29) is 6.42 Å². The molecule has 0 aromatic rings. The normalized spacial score (nSPS) is 29.0. The van der Waals surface area contributed by atoms with Gasteiger partial charge in [0.15, 0.2) is 5.83 Å². The number of halogens is 2. The fraction of sp³-hybridized carbons (Fsp3) is 0.636. The number of hydrogen-bond acceptors (Lipinski definition) is 2. The molecule has 0 heterocycles. The third kappa shape index (κ3) is 2.04. The minimum Gasteiger partial charge on any atom is -0.505 e. The quantitative estimate of drug-likeness (QED) is 0.763. The highest BCUT2D eigenvalue weighted by molar-refractivity contribution is 5.31. The zero-order valence-corrected chi connectivity index (χ0v) is 8.93. The summed E-state index contributed by atoms with van der Waals surface area (Å²) in [5.41, 5.74) is -1.24. The second kappa shape index (κ2) is 4.31. The summed E-state index contributed by atoms with van der Waals surface area (Å²) in [5.74, 6) is -2.98. The van der Waals surface area contributed by atoms with Gasteiger partial charge in [-0.2, -0.15) is 0 Å². The van der Waals surface area contributed by atoms with E-state index in [9.17, 15) is 13.9 Å². The van der Waals surface area contributed by atoms with E-state index >= 15 is 0 Å². The molecule has 2 nitrogen and oxygen atoms in total. The highest BCUT2D eigenvalue weighted by atomic mass is 19.2. The molecular formula is C11H16F2O2. The van der Waals surface area contributed by atoms with E-state index in [1.165, 1.54) is 13.0 Å². The summed E-state index contributed by atoms with van der Waals surface area (Å²) >= 11 is 0. The van der Waals surface area contributed by atoms with Gasteiger partial charge in [0.25, 0.3) is 0 Å². The van der Waals surface area contributed by atoms with Crippen LogP contribution in [0.25, 0.3) is 0 Å². The highest BCUT2D eigenvalue weighted by Gasteiger charge is 2.41. The van der Waals surface area contributed by atoms with Gasteiger partial charge < -0.3 is 10.2 Å². The molecular weight excluding hydrogens is 202 g/mol. The molecule has 4 heteroatoms. The maximum atomic E-state index is 13.6. The molecule has 1 aliphatic rings. The first-order valence-electron chi connectivity index (χ1n) is 5.06. The molecule has 0 fully saturated rings. The maximum Gasteiger partial charge on any atom is 0.196 e. The minimum atomic E-state index is -1.25. The van der Waals surface area contributed by atoms with E-state index in [0.29, 0.717) is 12.8 Å². The number of aliphatic hydroxyl groups excluding tert-OH is 2. The Kier molecular flexibility index (Phi) is 3.50. The van der Waals surface area contributed by atoms with E-state index in [1.54, 1.807) is 0 Å². The van der Waals surface area contributed by atoms with Crippen LogP contribution in [0.3, 0.4) is 0 Å². The van der Waals surface area contributed by atoms with Crippen LogP contribution in [0.4, 0.5) is 8.78 Å². The summed E-state index contributed by atoms with van der Waals surface area (Å²) in [6.45, 7) is 3.33. The molecule has 2 N–H and O–H groups in total. The van der Waals surface area contributed by atoms with Crippen molar-refractivity contribution in [3.63, 3.8) is 0 Å². The van der Waals surface area contributed by atoms with E-state index < -0.39 is 28.9 Å². The van der Waals surface area contributed by atoms with Gasteiger partial charge >= 0.3 is 0 Å². The van der Waals surface area contributed by atoms with Crippen LogP contribution in [-0.2, 0) is 0 Å². The van der Waals surface area contributed by atoms with Gasteiger partial charge in [0.05, 0.1) is 11.5 Å². The third-order valence-electron chi connectivity index (χ3n) is 2.94. The SMILES string of the molecule is CCCC(O)C1(C)CC=C(O)C(F)=C1F. The lowest BCUT2D eigenvalue weighted by molar-refractivity contribution is 0.0359. The topological polar surface area (TPSA) is 40.5 Å². The van der Waals surface area contributed by atoms with Gasteiger partial charge in [-0.15, -0.1) is 0 Å². The van der Waals surface area contributed by atoms with Crippen molar-refractivity contribution < 1.29 is 19.0 Å². The third-order valence-corrected chi connectivity index (χ3v) is 2.94. The van der Waals surface area contributed by atoms with Crippen LogP contribution < -0.4 is 0 Å². The van der Waals surface area contributed by atoms with Crippen molar-refractivity contribution in [3.8, 4) is 0 Å². The monoisotopic (exact) mass is 218 g/mol. The summed E-state index contributed by atoms with van der Waals surface area (Å²) in [7, 11) is 0. The Morgan fingerprint density at radius 3 is 2.67 bits per heavy atom. The first kappa shape index (κ1) is 12.2. The fourth-order valence-electron chi connectivity index (χ4n) is 1.73. The predicted octanol–water partition coefficient (Wildman–Crippen LogP) is 3.15. The Bertz CT molecular complexity index is 310. The zero-order valence-electron chi connectivity index (χ0n) is 8.93. The molecule has 0 saturated heterocycles. The molecule has 0 spiro atoms. The predicted molar refractivity (Wildman–Crippen MR) is 53.6 cm³/mol. The molecule has 1 aliphatic carbocycles. The van der Waals surface area contributed by atoms with Crippen molar-refractivity contribution in [3.05, 3.63) is 23.5 Å². The van der Waals surface area contributed by atoms with Crippen LogP contribution in [0.2, 0.25) is 0 Å². The average molecular weight is 218 g/mol. The summed E-state index contributed by atoms with van der Waals surface area (Å²) < 4.78 is 26.7. The van der Waals surface area contributed by atoms with Crippen molar-refractivity contribution in [1.82, 2.24) is 0 Å². The Balaban J connectivity index is 2.98. The second-order valence-electron chi connectivity index (χ2n) is 4.14. The minimum absolute atomic E-state index is 0.110. The van der Waals surface area contributed by atoms with Crippen molar-refractivity contribution in [1.29, 1.82) is 0 Å². The summed E-state index contributed by atoms with van der Waals surface area (Å²) in [6, 6.07) is 0. The lowest BCUT2D eigenvalue weighted by Gasteiger charge is -2.34. The molecule has 0 aromatic carbocycles. The van der Waals surface area contributed by atoms with Crippen LogP contribution in [-0.4, -0.2) is 16.3 Å². The Morgan fingerprint density at radius 1 is 1.53 bits per heavy atom. The van der Waals surface area contributed by atoms with E-state index in [4.69, 9.17) is 5.11 Å². The molecule has 0 saturated carbocycles. The van der Waals surface area contributed by atoms with Crippen molar-refractivity contribution in [2.45, 2.75) is 39.2 Å². The van der Waals surface area contributed by atoms with Crippen LogP contribution in [0.15, 0.2) is 23.5 Å². The lowest BCUT2D eigenvalue weighted by atomic mass is 9.75. The molecule has 86 valence electrons. The van der Waals surface area contributed by atoms with Gasteiger partial charge in [-0.3, -0.25) is 0 Å². The zero-order chi connectivity index (χ0) is 11.6. The smallest absolute Gasteiger partial charge is 0.196 e. The van der Waals surface area contributed by atoms with Crippen LogP contribution in [0.1, 0.15) is 33.1 Å².